The molecule has 0 aliphatic carbocycles. The molecule has 4 heteroatoms. The number of hydrogen-bond acceptors (Lipinski definition) is 3. The van der Waals surface area contributed by atoms with Crippen LogP contribution in [0.4, 0.5) is 0 Å². The van der Waals surface area contributed by atoms with E-state index in [1.807, 2.05) is 0 Å². The second-order valence-electron chi connectivity index (χ2n) is 8.69. The molecule has 0 atom stereocenters. The molecule has 4 heterocycles. The van der Waals surface area contributed by atoms with Crippen LogP contribution in [-0.4, -0.2) is 41.8 Å². The average molecular weight is 391 g/mol. The second kappa shape index (κ2) is 5.39. The Morgan fingerprint density at radius 2 is 1.50 bits per heavy atom. The van der Waals surface area contributed by atoms with Gasteiger partial charge in [-0.2, -0.15) is 0 Å². The molecule has 4 saturated heterocycles. The summed E-state index contributed by atoms with van der Waals surface area (Å²) in [5, 5.41) is 0. The van der Waals surface area contributed by atoms with Crippen molar-refractivity contribution in [3.05, 3.63) is 34.3 Å². The van der Waals surface area contributed by atoms with E-state index in [-0.39, 0.29) is 10.8 Å². The van der Waals surface area contributed by atoms with Crippen LogP contribution in [0, 0.1) is 22.7 Å². The molecular weight excluding hydrogens is 364 g/mol. The number of carbonyl (C=O) groups excluding carboxylic acids is 1. The Hall–Kier alpha value is -0.710. The van der Waals surface area contributed by atoms with Crippen molar-refractivity contribution in [2.24, 2.45) is 22.7 Å². The second-order valence-corrected chi connectivity index (χ2v) is 9.61. The van der Waals surface area contributed by atoms with Gasteiger partial charge in [0.1, 0.15) is 0 Å². The lowest BCUT2D eigenvalue weighted by Gasteiger charge is -2.68. The molecule has 0 unspecified atom stereocenters. The molecule has 0 spiro atoms. The van der Waals surface area contributed by atoms with Crippen LogP contribution in [-0.2, 0) is 4.79 Å². The van der Waals surface area contributed by atoms with E-state index in [0.717, 1.165) is 30.7 Å². The lowest BCUT2D eigenvalue weighted by molar-refractivity contribution is -0.217. The third kappa shape index (κ3) is 2.06. The van der Waals surface area contributed by atoms with Crippen LogP contribution in [0.3, 0.4) is 0 Å². The first-order valence-corrected chi connectivity index (χ1v) is 9.88. The van der Waals surface area contributed by atoms with Gasteiger partial charge in [0.05, 0.1) is 17.0 Å². The number of benzene rings is 1. The van der Waals surface area contributed by atoms with Crippen LogP contribution in [0.5, 0.6) is 0 Å². The predicted molar refractivity (Wildman–Crippen MR) is 99.6 cm³/mol. The average Bonchev–Trinajstić information content (AvgIpc) is 2.50. The van der Waals surface area contributed by atoms with Crippen LogP contribution in [0.1, 0.15) is 39.4 Å². The summed E-state index contributed by atoms with van der Waals surface area (Å²) in [6.07, 6.45) is 0.314. The van der Waals surface area contributed by atoms with Gasteiger partial charge < -0.3 is 0 Å². The number of hydrogen-bond donors (Lipinski definition) is 0. The van der Waals surface area contributed by atoms with Crippen molar-refractivity contribution in [3.8, 4) is 0 Å². The molecule has 4 fully saturated rings. The monoisotopic (exact) mass is 390 g/mol. The zero-order chi connectivity index (χ0) is 17.3. The summed E-state index contributed by atoms with van der Waals surface area (Å²) in [6.45, 7) is 12.6. The maximum Gasteiger partial charge on any atom is 0.150 e. The minimum absolute atomic E-state index is 0.191. The fraction of sp³-hybridized carbons (Fsp3) is 0.650. The molecule has 5 rings (SSSR count). The molecule has 0 aromatic heterocycles. The highest BCUT2D eigenvalue weighted by Gasteiger charge is 2.67. The van der Waals surface area contributed by atoms with Gasteiger partial charge in [0.25, 0.3) is 0 Å². The van der Waals surface area contributed by atoms with E-state index >= 15 is 0 Å². The van der Waals surface area contributed by atoms with Crippen molar-refractivity contribution >= 4 is 21.7 Å². The Kier molecular flexibility index (Phi) is 3.76. The minimum Gasteiger partial charge on any atom is -0.298 e. The van der Waals surface area contributed by atoms with Crippen molar-refractivity contribution < 1.29 is 4.79 Å². The zero-order valence-electron chi connectivity index (χ0n) is 15.1. The van der Waals surface area contributed by atoms with Crippen molar-refractivity contribution in [1.29, 1.82) is 0 Å². The van der Waals surface area contributed by atoms with Crippen molar-refractivity contribution in [1.82, 2.24) is 9.80 Å². The summed E-state index contributed by atoms with van der Waals surface area (Å²) in [7, 11) is 0. The van der Waals surface area contributed by atoms with Crippen LogP contribution in [0.15, 0.2) is 28.7 Å². The molecule has 130 valence electrons. The molecule has 0 N–H and O–H groups in total. The zero-order valence-corrected chi connectivity index (χ0v) is 16.6. The molecule has 4 aliphatic heterocycles. The number of piperidine rings is 2. The SMILES string of the molecule is CC(C)C12CN3CC(C(C)C)(CN(C1)C3c1cccc(Br)c1)C2=O. The van der Waals surface area contributed by atoms with Crippen LogP contribution >= 0.6 is 15.9 Å². The third-order valence-corrected chi connectivity index (χ3v) is 7.39. The maximum absolute atomic E-state index is 13.5. The van der Waals surface area contributed by atoms with E-state index in [4.69, 9.17) is 0 Å². The highest BCUT2D eigenvalue weighted by Crippen LogP contribution is 2.57. The van der Waals surface area contributed by atoms with Gasteiger partial charge in [-0.1, -0.05) is 55.8 Å². The largest absolute Gasteiger partial charge is 0.298 e. The first kappa shape index (κ1) is 16.7. The Bertz CT molecular complexity index is 638. The van der Waals surface area contributed by atoms with E-state index in [1.54, 1.807) is 0 Å². The van der Waals surface area contributed by atoms with E-state index < -0.39 is 0 Å². The number of halogens is 1. The quantitative estimate of drug-likeness (QED) is 0.780. The maximum atomic E-state index is 13.5. The summed E-state index contributed by atoms with van der Waals surface area (Å²) in [5.74, 6) is 1.31. The smallest absolute Gasteiger partial charge is 0.150 e. The summed E-state index contributed by atoms with van der Waals surface area (Å²) in [5.41, 5.74) is 0.959. The molecule has 1 aromatic carbocycles. The lowest BCUT2D eigenvalue weighted by Crippen LogP contribution is -2.78. The fourth-order valence-corrected chi connectivity index (χ4v) is 5.78. The van der Waals surface area contributed by atoms with Gasteiger partial charge in [-0.15, -0.1) is 0 Å². The van der Waals surface area contributed by atoms with Gasteiger partial charge >= 0.3 is 0 Å². The summed E-state index contributed by atoms with van der Waals surface area (Å²) in [6, 6.07) is 8.66. The Balaban J connectivity index is 1.79. The summed E-state index contributed by atoms with van der Waals surface area (Å²) >= 11 is 3.62. The van der Waals surface area contributed by atoms with Gasteiger partial charge in [0.15, 0.2) is 5.78 Å². The molecular formula is C20H27BrN2O. The normalized spacial score (nSPS) is 40.8. The number of Topliss-reactive ketones (excluding diaryl/α,β-unsaturated/α-hetero) is 1. The Labute approximate surface area is 153 Å². The number of nitrogens with zero attached hydrogens (tertiary/aromatic N) is 2. The van der Waals surface area contributed by atoms with E-state index in [2.05, 4.69) is 77.7 Å². The predicted octanol–water partition coefficient (Wildman–Crippen LogP) is 3.95. The molecule has 0 amide bonds. The first-order chi connectivity index (χ1) is 11.3. The molecule has 1 aromatic rings. The van der Waals surface area contributed by atoms with Crippen molar-refractivity contribution in [3.63, 3.8) is 0 Å². The van der Waals surface area contributed by atoms with Crippen LogP contribution < -0.4 is 0 Å². The Morgan fingerprint density at radius 1 is 1.00 bits per heavy atom. The summed E-state index contributed by atoms with van der Waals surface area (Å²) in [4.78, 5) is 18.7. The fourth-order valence-electron chi connectivity index (χ4n) is 5.36. The molecule has 4 bridgehead atoms. The summed E-state index contributed by atoms with van der Waals surface area (Å²) < 4.78 is 1.13. The van der Waals surface area contributed by atoms with Crippen molar-refractivity contribution in [2.75, 3.05) is 26.2 Å². The molecule has 3 nitrogen and oxygen atoms in total. The standard InChI is InChI=1S/C20H27BrN2O/c1-13(2)19-9-22-11-20(14(3)4,18(19)24)12-23(10-19)17(22)15-6-5-7-16(21)8-15/h5-8,13-14,17H,9-12H2,1-4H3. The van der Waals surface area contributed by atoms with Crippen molar-refractivity contribution in [2.45, 2.75) is 33.9 Å². The Morgan fingerprint density at radius 3 is 1.92 bits per heavy atom. The molecule has 24 heavy (non-hydrogen) atoms. The highest BCUT2D eigenvalue weighted by molar-refractivity contribution is 9.10. The van der Waals surface area contributed by atoms with Crippen LogP contribution in [0.25, 0.3) is 0 Å². The van der Waals surface area contributed by atoms with Gasteiger partial charge in [-0.3, -0.25) is 14.6 Å². The topological polar surface area (TPSA) is 23.6 Å². The number of carbonyl (C=O) groups is 1. The highest BCUT2D eigenvalue weighted by atomic mass is 79.9. The van der Waals surface area contributed by atoms with Gasteiger partial charge in [0.2, 0.25) is 0 Å². The molecule has 0 saturated carbocycles. The van der Waals surface area contributed by atoms with Gasteiger partial charge in [0, 0.05) is 30.7 Å². The van der Waals surface area contributed by atoms with Gasteiger partial charge in [-0.25, -0.2) is 0 Å². The lowest BCUT2D eigenvalue weighted by atomic mass is 9.53. The number of ketones is 1. The molecule has 4 aliphatic rings. The minimum atomic E-state index is -0.191. The van der Waals surface area contributed by atoms with Gasteiger partial charge in [-0.05, 0) is 29.5 Å². The third-order valence-electron chi connectivity index (χ3n) is 6.89. The first-order valence-electron chi connectivity index (χ1n) is 9.09. The van der Waals surface area contributed by atoms with Crippen LogP contribution in [0.2, 0.25) is 0 Å². The van der Waals surface area contributed by atoms with E-state index in [9.17, 15) is 4.79 Å². The molecule has 0 radical (unpaired) electrons. The number of rotatable bonds is 3. The van der Waals surface area contributed by atoms with E-state index in [1.165, 1.54) is 5.56 Å². The van der Waals surface area contributed by atoms with E-state index in [0.29, 0.717) is 23.8 Å².